The van der Waals surface area contributed by atoms with Gasteiger partial charge in [-0.1, -0.05) is 11.6 Å². The smallest absolute Gasteiger partial charge is 0.244 e. The molecule has 0 spiro atoms. The molecule has 0 fully saturated rings. The van der Waals surface area contributed by atoms with Crippen molar-refractivity contribution in [1.29, 1.82) is 0 Å². The number of halogens is 2. The number of nitrogens with zero attached hydrogens (tertiary/aromatic N) is 1. The molecule has 3 rings (SSSR count). The molecule has 0 aromatic heterocycles. The second-order valence-corrected chi connectivity index (χ2v) is 6.02. The van der Waals surface area contributed by atoms with Gasteiger partial charge in [-0.2, -0.15) is 0 Å². The van der Waals surface area contributed by atoms with Crippen molar-refractivity contribution < 1.29 is 23.5 Å². The van der Waals surface area contributed by atoms with Crippen LogP contribution in [-0.2, 0) is 9.59 Å². The van der Waals surface area contributed by atoms with Crippen LogP contribution in [0.15, 0.2) is 36.4 Å². The van der Waals surface area contributed by atoms with E-state index in [0.29, 0.717) is 36.1 Å². The van der Waals surface area contributed by atoms with Gasteiger partial charge in [-0.25, -0.2) is 4.39 Å². The van der Waals surface area contributed by atoms with Crippen LogP contribution in [0, 0.1) is 5.82 Å². The van der Waals surface area contributed by atoms with E-state index < -0.39 is 11.7 Å². The number of hydrogen-bond donors (Lipinski definition) is 1. The first-order valence-electron chi connectivity index (χ1n) is 7.86. The fourth-order valence-electron chi connectivity index (χ4n) is 2.50. The maximum absolute atomic E-state index is 13.2. The van der Waals surface area contributed by atoms with Crippen LogP contribution in [-0.4, -0.2) is 31.6 Å². The van der Waals surface area contributed by atoms with Gasteiger partial charge in [0.25, 0.3) is 0 Å². The number of nitrogens with one attached hydrogen (secondary N) is 1. The SMILES string of the molecule is CC(=O)N(CC(=O)Nc1ccc(F)c(Cl)c1)c1ccc2c(c1)OCCO2. The third-order valence-corrected chi connectivity index (χ3v) is 4.01. The third-order valence-electron chi connectivity index (χ3n) is 3.72. The van der Waals surface area contributed by atoms with Crippen molar-refractivity contribution in [3.63, 3.8) is 0 Å². The summed E-state index contributed by atoms with van der Waals surface area (Å²) in [5.41, 5.74) is 0.848. The second-order valence-electron chi connectivity index (χ2n) is 5.61. The highest BCUT2D eigenvalue weighted by atomic mass is 35.5. The number of anilines is 2. The third kappa shape index (κ3) is 4.05. The van der Waals surface area contributed by atoms with Crippen molar-refractivity contribution in [1.82, 2.24) is 0 Å². The van der Waals surface area contributed by atoms with Gasteiger partial charge < -0.3 is 19.7 Å². The fourth-order valence-corrected chi connectivity index (χ4v) is 2.68. The van der Waals surface area contributed by atoms with Gasteiger partial charge in [0.1, 0.15) is 25.6 Å². The van der Waals surface area contributed by atoms with Gasteiger partial charge in [0.15, 0.2) is 11.5 Å². The largest absolute Gasteiger partial charge is 0.486 e. The summed E-state index contributed by atoms with van der Waals surface area (Å²) in [6.45, 7) is 2.02. The average Bonchev–Trinajstić information content (AvgIpc) is 2.62. The molecule has 0 aliphatic carbocycles. The zero-order chi connectivity index (χ0) is 18.7. The number of carbonyl (C=O) groups excluding carboxylic acids is 2. The summed E-state index contributed by atoms with van der Waals surface area (Å²) in [4.78, 5) is 25.6. The molecule has 2 aromatic carbocycles. The van der Waals surface area contributed by atoms with Crippen LogP contribution < -0.4 is 19.7 Å². The van der Waals surface area contributed by atoms with E-state index in [4.69, 9.17) is 21.1 Å². The zero-order valence-electron chi connectivity index (χ0n) is 13.9. The van der Waals surface area contributed by atoms with E-state index in [1.54, 1.807) is 18.2 Å². The Morgan fingerprint density at radius 3 is 2.58 bits per heavy atom. The quantitative estimate of drug-likeness (QED) is 0.886. The normalized spacial score (nSPS) is 12.4. The van der Waals surface area contributed by atoms with Crippen LogP contribution in [0.5, 0.6) is 11.5 Å². The van der Waals surface area contributed by atoms with E-state index in [0.717, 1.165) is 6.07 Å². The summed E-state index contributed by atoms with van der Waals surface area (Å²) in [5.74, 6) is -0.224. The Morgan fingerprint density at radius 2 is 1.88 bits per heavy atom. The highest BCUT2D eigenvalue weighted by Gasteiger charge is 2.19. The molecule has 1 N–H and O–H groups in total. The predicted molar refractivity (Wildman–Crippen MR) is 95.5 cm³/mol. The van der Waals surface area contributed by atoms with Crippen molar-refractivity contribution in [3.8, 4) is 11.5 Å². The standard InChI is InChI=1S/C18H16ClFN2O4/c1-11(23)22(13-3-5-16-17(9-13)26-7-6-25-16)10-18(24)21-12-2-4-15(20)14(19)8-12/h2-5,8-9H,6-7,10H2,1H3,(H,21,24). The molecule has 0 atom stereocenters. The first-order valence-corrected chi connectivity index (χ1v) is 8.24. The van der Waals surface area contributed by atoms with Gasteiger partial charge in [0.2, 0.25) is 11.8 Å². The minimum Gasteiger partial charge on any atom is -0.486 e. The Balaban J connectivity index is 1.75. The average molecular weight is 379 g/mol. The van der Waals surface area contributed by atoms with Crippen molar-refractivity contribution in [2.24, 2.45) is 0 Å². The summed E-state index contributed by atoms with van der Waals surface area (Å²) in [5, 5.41) is 2.49. The Labute approximate surface area is 154 Å². The number of amides is 2. The Morgan fingerprint density at radius 1 is 1.15 bits per heavy atom. The highest BCUT2D eigenvalue weighted by Crippen LogP contribution is 2.34. The van der Waals surface area contributed by atoms with E-state index in [-0.39, 0.29) is 17.5 Å². The predicted octanol–water partition coefficient (Wildman–Crippen LogP) is 3.24. The maximum atomic E-state index is 13.2. The van der Waals surface area contributed by atoms with Gasteiger partial charge in [0, 0.05) is 24.4 Å². The van der Waals surface area contributed by atoms with Gasteiger partial charge in [-0.05, 0) is 30.3 Å². The topological polar surface area (TPSA) is 67.9 Å². The minimum atomic E-state index is -0.577. The molecule has 26 heavy (non-hydrogen) atoms. The summed E-state index contributed by atoms with van der Waals surface area (Å²) in [6, 6.07) is 8.87. The van der Waals surface area contributed by atoms with Crippen LogP contribution >= 0.6 is 11.6 Å². The van der Waals surface area contributed by atoms with E-state index in [1.807, 2.05) is 0 Å². The molecule has 1 aliphatic heterocycles. The van der Waals surface area contributed by atoms with Crippen LogP contribution in [0.1, 0.15) is 6.92 Å². The fraction of sp³-hybridized carbons (Fsp3) is 0.222. The van der Waals surface area contributed by atoms with E-state index in [1.165, 1.54) is 24.0 Å². The number of benzene rings is 2. The van der Waals surface area contributed by atoms with E-state index in [2.05, 4.69) is 5.32 Å². The Kier molecular flexibility index (Phi) is 5.27. The molecule has 8 heteroatoms. The molecule has 0 radical (unpaired) electrons. The van der Waals surface area contributed by atoms with Gasteiger partial charge >= 0.3 is 0 Å². The number of ether oxygens (including phenoxy) is 2. The van der Waals surface area contributed by atoms with Crippen LogP contribution in [0.25, 0.3) is 0 Å². The van der Waals surface area contributed by atoms with Crippen molar-refractivity contribution in [3.05, 3.63) is 47.2 Å². The first-order chi connectivity index (χ1) is 12.4. The van der Waals surface area contributed by atoms with Gasteiger partial charge in [-0.15, -0.1) is 0 Å². The van der Waals surface area contributed by atoms with Crippen LogP contribution in [0.2, 0.25) is 5.02 Å². The Hall–Kier alpha value is -2.80. The molecule has 2 aromatic rings. The van der Waals surface area contributed by atoms with Crippen molar-refractivity contribution in [2.75, 3.05) is 30.0 Å². The summed E-state index contributed by atoms with van der Waals surface area (Å²) in [7, 11) is 0. The summed E-state index contributed by atoms with van der Waals surface area (Å²) in [6.07, 6.45) is 0. The highest BCUT2D eigenvalue weighted by molar-refractivity contribution is 6.31. The summed E-state index contributed by atoms with van der Waals surface area (Å²) < 4.78 is 24.1. The molecule has 2 amide bonds. The van der Waals surface area contributed by atoms with Gasteiger partial charge in [-0.3, -0.25) is 9.59 Å². The zero-order valence-corrected chi connectivity index (χ0v) is 14.7. The molecule has 0 bridgehead atoms. The number of hydrogen-bond acceptors (Lipinski definition) is 4. The van der Waals surface area contributed by atoms with E-state index in [9.17, 15) is 14.0 Å². The second kappa shape index (κ2) is 7.61. The van der Waals surface area contributed by atoms with Crippen LogP contribution in [0.4, 0.5) is 15.8 Å². The van der Waals surface area contributed by atoms with E-state index >= 15 is 0 Å². The molecule has 6 nitrogen and oxygen atoms in total. The molecule has 0 saturated carbocycles. The monoisotopic (exact) mass is 378 g/mol. The Bertz CT molecular complexity index is 859. The molecule has 1 heterocycles. The number of rotatable bonds is 4. The van der Waals surface area contributed by atoms with Crippen molar-refractivity contribution >= 4 is 34.8 Å². The molecule has 136 valence electrons. The molecule has 0 unspecified atom stereocenters. The molecule has 0 saturated heterocycles. The molecular weight excluding hydrogens is 363 g/mol. The molecule has 1 aliphatic rings. The minimum absolute atomic E-state index is 0.0990. The van der Waals surface area contributed by atoms with Crippen LogP contribution in [0.3, 0.4) is 0 Å². The summed E-state index contributed by atoms with van der Waals surface area (Å²) >= 11 is 5.70. The first kappa shape index (κ1) is 18.0. The molecular formula is C18H16ClFN2O4. The number of carbonyl (C=O) groups is 2. The maximum Gasteiger partial charge on any atom is 0.244 e. The lowest BCUT2D eigenvalue weighted by molar-refractivity contribution is -0.120. The van der Waals surface area contributed by atoms with Crippen molar-refractivity contribution in [2.45, 2.75) is 6.92 Å². The lowest BCUT2D eigenvalue weighted by atomic mass is 10.2. The lowest BCUT2D eigenvalue weighted by Gasteiger charge is -2.24. The lowest BCUT2D eigenvalue weighted by Crippen LogP contribution is -2.36. The number of fused-ring (bicyclic) bond motifs is 1. The van der Waals surface area contributed by atoms with Gasteiger partial charge in [0.05, 0.1) is 5.02 Å².